The number of amides is 2. The number of hydrogen-bond acceptors (Lipinski definition) is 2. The van der Waals surface area contributed by atoms with Crippen molar-refractivity contribution in [3.8, 4) is 0 Å². The summed E-state index contributed by atoms with van der Waals surface area (Å²) in [5.41, 5.74) is 0. The molecule has 0 spiro atoms. The summed E-state index contributed by atoms with van der Waals surface area (Å²) in [5, 5.41) is 2.89. The maximum absolute atomic E-state index is 11.8. The number of nitrogens with one attached hydrogen (secondary N) is 1. The summed E-state index contributed by atoms with van der Waals surface area (Å²) in [4.78, 5) is 13.6. The highest BCUT2D eigenvalue weighted by molar-refractivity contribution is 5.74. The number of nitrogens with zero attached hydrogens (tertiary/aromatic N) is 1. The van der Waals surface area contributed by atoms with Gasteiger partial charge < -0.3 is 15.0 Å². The third-order valence-corrected chi connectivity index (χ3v) is 2.45. The summed E-state index contributed by atoms with van der Waals surface area (Å²) in [6, 6.07) is 0.278. The second-order valence-corrected chi connectivity index (χ2v) is 3.68. The average molecular weight is 216 g/mol. The summed E-state index contributed by atoms with van der Waals surface area (Å²) in [6.07, 6.45) is 1.92. The van der Waals surface area contributed by atoms with Gasteiger partial charge in [0.2, 0.25) is 0 Å². The minimum absolute atomic E-state index is 0.0169. The number of hydrogen-bond donors (Lipinski definition) is 1. The van der Waals surface area contributed by atoms with E-state index in [0.717, 1.165) is 19.4 Å². The Morgan fingerprint density at radius 2 is 2.13 bits per heavy atom. The summed E-state index contributed by atoms with van der Waals surface area (Å²) in [5.74, 6) is 0. The fourth-order valence-electron chi connectivity index (χ4n) is 1.27. The van der Waals surface area contributed by atoms with Crippen LogP contribution in [-0.4, -0.2) is 43.8 Å². The molecule has 90 valence electrons. The predicted molar refractivity (Wildman–Crippen MR) is 62.0 cm³/mol. The molecule has 1 atom stereocenters. The monoisotopic (exact) mass is 216 g/mol. The number of urea groups is 1. The van der Waals surface area contributed by atoms with E-state index >= 15 is 0 Å². The highest BCUT2D eigenvalue weighted by atomic mass is 16.5. The van der Waals surface area contributed by atoms with Crippen LogP contribution in [0.15, 0.2) is 0 Å². The van der Waals surface area contributed by atoms with Crippen molar-refractivity contribution in [2.75, 3.05) is 26.8 Å². The van der Waals surface area contributed by atoms with E-state index in [1.165, 1.54) is 0 Å². The Bertz CT molecular complexity index is 174. The molecule has 0 aromatic rings. The van der Waals surface area contributed by atoms with Crippen molar-refractivity contribution in [3.63, 3.8) is 0 Å². The molecule has 0 fully saturated rings. The van der Waals surface area contributed by atoms with Crippen molar-refractivity contribution in [1.29, 1.82) is 0 Å². The Morgan fingerprint density at radius 1 is 1.47 bits per heavy atom. The van der Waals surface area contributed by atoms with Gasteiger partial charge in [0.05, 0.1) is 6.61 Å². The van der Waals surface area contributed by atoms with E-state index in [1.807, 2.05) is 11.8 Å². The number of methoxy groups -OCH3 is 1. The van der Waals surface area contributed by atoms with Crippen LogP contribution in [0.3, 0.4) is 0 Å². The number of rotatable bonds is 7. The van der Waals surface area contributed by atoms with Crippen molar-refractivity contribution >= 4 is 6.03 Å². The van der Waals surface area contributed by atoms with Crippen LogP contribution in [0.4, 0.5) is 4.79 Å². The molecule has 1 N–H and O–H groups in total. The molecule has 15 heavy (non-hydrogen) atoms. The average Bonchev–Trinajstić information content (AvgIpc) is 2.26. The molecule has 0 bridgehead atoms. The predicted octanol–water partition coefficient (Wildman–Crippen LogP) is 1.85. The zero-order valence-corrected chi connectivity index (χ0v) is 10.4. The first kappa shape index (κ1) is 14.2. The van der Waals surface area contributed by atoms with Gasteiger partial charge in [0, 0.05) is 26.2 Å². The zero-order valence-electron chi connectivity index (χ0n) is 10.4. The molecule has 0 aromatic heterocycles. The largest absolute Gasteiger partial charge is 0.383 e. The maximum Gasteiger partial charge on any atom is 0.317 e. The fourth-order valence-corrected chi connectivity index (χ4v) is 1.27. The van der Waals surface area contributed by atoms with Crippen molar-refractivity contribution in [1.82, 2.24) is 10.2 Å². The Hall–Kier alpha value is -0.770. The van der Waals surface area contributed by atoms with Gasteiger partial charge in [-0.2, -0.15) is 0 Å². The van der Waals surface area contributed by atoms with E-state index in [9.17, 15) is 4.79 Å². The van der Waals surface area contributed by atoms with Crippen molar-refractivity contribution in [2.24, 2.45) is 0 Å². The van der Waals surface area contributed by atoms with E-state index in [2.05, 4.69) is 19.2 Å². The highest BCUT2D eigenvalue weighted by Gasteiger charge is 2.17. The van der Waals surface area contributed by atoms with Crippen LogP contribution in [0.1, 0.15) is 33.6 Å². The quantitative estimate of drug-likeness (QED) is 0.705. The third-order valence-electron chi connectivity index (χ3n) is 2.45. The highest BCUT2D eigenvalue weighted by Crippen LogP contribution is 2.03. The first-order valence-corrected chi connectivity index (χ1v) is 5.70. The molecule has 2 amide bonds. The standard InChI is InChI=1S/C11H24N2O2/c1-5-7-12-11(14)13(8-9-15-4)10(3)6-2/h10H,5-9H2,1-4H3,(H,12,14). The lowest BCUT2D eigenvalue weighted by atomic mass is 10.2. The molecule has 0 aromatic carbocycles. The molecule has 4 heteroatoms. The summed E-state index contributed by atoms with van der Waals surface area (Å²) in [7, 11) is 1.65. The minimum atomic E-state index is 0.0169. The van der Waals surface area contributed by atoms with E-state index in [1.54, 1.807) is 7.11 Å². The summed E-state index contributed by atoms with van der Waals surface area (Å²) >= 11 is 0. The molecule has 0 saturated carbocycles. The Labute approximate surface area is 93.0 Å². The lowest BCUT2D eigenvalue weighted by Gasteiger charge is -2.28. The lowest BCUT2D eigenvalue weighted by Crippen LogP contribution is -2.46. The topological polar surface area (TPSA) is 41.6 Å². The van der Waals surface area contributed by atoms with Gasteiger partial charge >= 0.3 is 6.03 Å². The van der Waals surface area contributed by atoms with Crippen LogP contribution in [0, 0.1) is 0 Å². The van der Waals surface area contributed by atoms with Crippen molar-refractivity contribution in [2.45, 2.75) is 39.7 Å². The molecule has 4 nitrogen and oxygen atoms in total. The number of carbonyl (C=O) groups is 1. The molecule has 0 radical (unpaired) electrons. The molecule has 0 rings (SSSR count). The maximum atomic E-state index is 11.8. The van der Waals surface area contributed by atoms with Crippen LogP contribution < -0.4 is 5.32 Å². The van der Waals surface area contributed by atoms with Gasteiger partial charge in [-0.25, -0.2) is 4.79 Å². The third kappa shape index (κ3) is 5.62. The molecule has 0 aliphatic rings. The Kier molecular flexibility index (Phi) is 8.09. The molecule has 0 saturated heterocycles. The van der Waals surface area contributed by atoms with Gasteiger partial charge in [0.1, 0.15) is 0 Å². The smallest absolute Gasteiger partial charge is 0.317 e. The van der Waals surface area contributed by atoms with Crippen LogP contribution in [0.2, 0.25) is 0 Å². The summed E-state index contributed by atoms with van der Waals surface area (Å²) in [6.45, 7) is 8.16. The van der Waals surface area contributed by atoms with E-state index < -0.39 is 0 Å². The van der Waals surface area contributed by atoms with Crippen molar-refractivity contribution < 1.29 is 9.53 Å². The molecule has 1 unspecified atom stereocenters. The normalized spacial score (nSPS) is 12.3. The lowest BCUT2D eigenvalue weighted by molar-refractivity contribution is 0.131. The molecule has 0 aliphatic heterocycles. The first-order valence-electron chi connectivity index (χ1n) is 5.70. The van der Waals surface area contributed by atoms with Crippen LogP contribution in [0.5, 0.6) is 0 Å². The van der Waals surface area contributed by atoms with Gasteiger partial charge in [-0.05, 0) is 19.8 Å². The Morgan fingerprint density at radius 3 is 2.60 bits per heavy atom. The van der Waals surface area contributed by atoms with Crippen LogP contribution in [-0.2, 0) is 4.74 Å². The second-order valence-electron chi connectivity index (χ2n) is 3.68. The number of carbonyl (C=O) groups excluding carboxylic acids is 1. The molecule has 0 heterocycles. The van der Waals surface area contributed by atoms with E-state index in [-0.39, 0.29) is 12.1 Å². The van der Waals surface area contributed by atoms with Gasteiger partial charge in [-0.15, -0.1) is 0 Å². The Balaban J connectivity index is 4.14. The second kappa shape index (κ2) is 8.53. The SMILES string of the molecule is CCCNC(=O)N(CCOC)C(C)CC. The first-order chi connectivity index (χ1) is 7.17. The molecule has 0 aliphatic carbocycles. The number of ether oxygens (including phenoxy) is 1. The molecular formula is C11H24N2O2. The minimum Gasteiger partial charge on any atom is -0.383 e. The zero-order chi connectivity index (χ0) is 11.7. The van der Waals surface area contributed by atoms with Gasteiger partial charge in [-0.1, -0.05) is 13.8 Å². The van der Waals surface area contributed by atoms with E-state index in [4.69, 9.17) is 4.74 Å². The fraction of sp³-hybridized carbons (Fsp3) is 0.909. The van der Waals surface area contributed by atoms with Gasteiger partial charge in [0.25, 0.3) is 0 Å². The van der Waals surface area contributed by atoms with Gasteiger partial charge in [-0.3, -0.25) is 0 Å². The van der Waals surface area contributed by atoms with Crippen LogP contribution in [0.25, 0.3) is 0 Å². The van der Waals surface area contributed by atoms with Gasteiger partial charge in [0.15, 0.2) is 0 Å². The molecular weight excluding hydrogens is 192 g/mol. The van der Waals surface area contributed by atoms with Crippen molar-refractivity contribution in [3.05, 3.63) is 0 Å². The summed E-state index contributed by atoms with van der Waals surface area (Å²) < 4.78 is 5.00. The van der Waals surface area contributed by atoms with Crippen LogP contribution >= 0.6 is 0 Å². The van der Waals surface area contributed by atoms with E-state index in [0.29, 0.717) is 13.2 Å².